The number of unbranched alkanes of at least 4 members (excludes halogenated alkanes) is 12. The third-order valence-corrected chi connectivity index (χ3v) is 9.66. The maximum Gasteiger partial charge on any atom is 0.305 e. The minimum atomic E-state index is -0.0315. The van der Waals surface area contributed by atoms with Crippen molar-refractivity contribution in [3.05, 3.63) is 48.6 Å². The summed E-state index contributed by atoms with van der Waals surface area (Å²) in [5, 5.41) is 0. The largest absolute Gasteiger partial charge is 0.465 e. The lowest BCUT2D eigenvalue weighted by atomic mass is 9.91. The fraction of sp³-hybridized carbons (Fsp3) is 0.795. The second kappa shape index (κ2) is 34.3. The van der Waals surface area contributed by atoms with Gasteiger partial charge in [-0.05, 0) is 110 Å². The van der Waals surface area contributed by atoms with Crippen molar-refractivity contribution in [3.8, 4) is 0 Å². The lowest BCUT2D eigenvalue weighted by molar-refractivity contribution is -0.144. The summed E-state index contributed by atoms with van der Waals surface area (Å²) in [5.41, 5.74) is 1.13. The lowest BCUT2D eigenvalue weighted by Crippen LogP contribution is -2.21. The van der Waals surface area contributed by atoms with Gasteiger partial charge in [0.2, 0.25) is 0 Å². The molecule has 0 rings (SSSR count). The van der Waals surface area contributed by atoms with Crippen LogP contribution in [0.1, 0.15) is 182 Å². The molecule has 0 fully saturated rings. The molecule has 0 aliphatic rings. The van der Waals surface area contributed by atoms with Crippen molar-refractivity contribution in [2.75, 3.05) is 26.7 Å². The third kappa shape index (κ3) is 32.7. The van der Waals surface area contributed by atoms with Crippen molar-refractivity contribution in [2.45, 2.75) is 182 Å². The number of allylic oxidation sites excluding steroid dienone is 6. The molecular formula is C44H81NO2. The van der Waals surface area contributed by atoms with Crippen molar-refractivity contribution in [1.29, 1.82) is 0 Å². The van der Waals surface area contributed by atoms with E-state index in [1.54, 1.807) is 0 Å². The Hall–Kier alpha value is -1.61. The van der Waals surface area contributed by atoms with Crippen LogP contribution >= 0.6 is 0 Å². The first kappa shape index (κ1) is 45.4. The molecule has 0 saturated carbocycles. The van der Waals surface area contributed by atoms with Crippen molar-refractivity contribution in [1.82, 2.24) is 4.90 Å². The van der Waals surface area contributed by atoms with Crippen molar-refractivity contribution in [2.24, 2.45) is 17.8 Å². The van der Waals surface area contributed by atoms with Crippen LogP contribution in [0.5, 0.6) is 0 Å². The SMILES string of the molecule is C=C(C)C(CCC(C)C)COC(=O)CCCCCCCCC(CCCC/C=C/CCC/C=C\C/C=C\CCCCC)CCN(C)CC. The number of hydrogen-bond acceptors (Lipinski definition) is 3. The highest BCUT2D eigenvalue weighted by Gasteiger charge is 2.14. The Labute approximate surface area is 295 Å². The normalized spacial score (nSPS) is 13.5. The number of carbonyl (C=O) groups is 1. The van der Waals surface area contributed by atoms with Crippen LogP contribution in [0.4, 0.5) is 0 Å². The van der Waals surface area contributed by atoms with Gasteiger partial charge in [-0.2, -0.15) is 0 Å². The van der Waals surface area contributed by atoms with E-state index < -0.39 is 0 Å². The van der Waals surface area contributed by atoms with E-state index >= 15 is 0 Å². The van der Waals surface area contributed by atoms with Gasteiger partial charge in [0, 0.05) is 12.3 Å². The van der Waals surface area contributed by atoms with E-state index in [1.807, 2.05) is 0 Å². The summed E-state index contributed by atoms with van der Waals surface area (Å²) in [5.74, 6) is 1.81. The predicted molar refractivity (Wildman–Crippen MR) is 210 cm³/mol. The van der Waals surface area contributed by atoms with Gasteiger partial charge in [0.15, 0.2) is 0 Å². The second-order valence-electron chi connectivity index (χ2n) is 14.8. The summed E-state index contributed by atoms with van der Waals surface area (Å²) >= 11 is 0. The Morgan fingerprint density at radius 1 is 0.681 bits per heavy atom. The average molecular weight is 656 g/mol. The molecule has 3 heteroatoms. The first-order valence-electron chi connectivity index (χ1n) is 20.2. The Kier molecular flexibility index (Phi) is 33.1. The molecule has 0 N–H and O–H groups in total. The van der Waals surface area contributed by atoms with Gasteiger partial charge in [0.05, 0.1) is 6.61 Å². The molecular weight excluding hydrogens is 574 g/mol. The summed E-state index contributed by atoms with van der Waals surface area (Å²) in [6, 6.07) is 0. The highest BCUT2D eigenvalue weighted by Crippen LogP contribution is 2.23. The van der Waals surface area contributed by atoms with Gasteiger partial charge < -0.3 is 9.64 Å². The maximum atomic E-state index is 12.2. The standard InChI is InChI=1S/C44H81NO2/c1-8-10-11-12-13-14-15-16-17-18-19-20-21-22-23-26-29-32-42(37-38-45(7)9-2)33-30-27-24-25-28-31-34-44(46)47-39-43(41(5)6)36-35-40(3)4/h13-14,16-17,21-22,40,42-43H,5,8-12,15,18-20,23-39H2,1-4,6-7H3/b14-13-,17-16-,22-21+. The van der Waals surface area contributed by atoms with Gasteiger partial charge in [-0.25, -0.2) is 0 Å². The smallest absolute Gasteiger partial charge is 0.305 e. The average Bonchev–Trinajstić information content (AvgIpc) is 3.05. The van der Waals surface area contributed by atoms with E-state index in [0.29, 0.717) is 24.9 Å². The molecule has 0 heterocycles. The minimum absolute atomic E-state index is 0.0315. The zero-order valence-electron chi connectivity index (χ0n) is 32.6. The molecule has 0 bridgehead atoms. The molecule has 2 unspecified atom stereocenters. The fourth-order valence-electron chi connectivity index (χ4n) is 5.98. The fourth-order valence-corrected chi connectivity index (χ4v) is 5.98. The van der Waals surface area contributed by atoms with E-state index in [0.717, 1.165) is 50.1 Å². The molecule has 0 spiro atoms. The van der Waals surface area contributed by atoms with Crippen LogP contribution in [0.15, 0.2) is 48.6 Å². The summed E-state index contributed by atoms with van der Waals surface area (Å²) in [7, 11) is 2.26. The minimum Gasteiger partial charge on any atom is -0.465 e. The van der Waals surface area contributed by atoms with E-state index in [4.69, 9.17) is 4.74 Å². The Balaban J connectivity index is 4.00. The van der Waals surface area contributed by atoms with Gasteiger partial charge in [-0.1, -0.05) is 147 Å². The zero-order valence-corrected chi connectivity index (χ0v) is 32.6. The number of ether oxygens (including phenoxy) is 1. The van der Waals surface area contributed by atoms with Gasteiger partial charge in [-0.15, -0.1) is 0 Å². The lowest BCUT2D eigenvalue weighted by Gasteiger charge is -2.21. The van der Waals surface area contributed by atoms with Crippen LogP contribution in [0.3, 0.4) is 0 Å². The Bertz CT molecular complexity index is 795. The molecule has 2 atom stereocenters. The Morgan fingerprint density at radius 2 is 1.23 bits per heavy atom. The number of nitrogens with zero attached hydrogens (tertiary/aromatic N) is 1. The summed E-state index contributed by atoms with van der Waals surface area (Å²) in [6.07, 6.45) is 42.3. The van der Waals surface area contributed by atoms with E-state index in [9.17, 15) is 4.79 Å². The number of esters is 1. The highest BCUT2D eigenvalue weighted by atomic mass is 16.5. The van der Waals surface area contributed by atoms with Gasteiger partial charge >= 0.3 is 5.97 Å². The van der Waals surface area contributed by atoms with E-state index in [2.05, 4.69) is 89.6 Å². The second-order valence-corrected chi connectivity index (χ2v) is 14.8. The molecule has 0 aliphatic carbocycles. The number of carbonyl (C=O) groups excluding carboxylic acids is 1. The van der Waals surface area contributed by atoms with Crippen molar-refractivity contribution < 1.29 is 9.53 Å². The van der Waals surface area contributed by atoms with Gasteiger partial charge in [0.1, 0.15) is 0 Å². The molecule has 274 valence electrons. The molecule has 0 aromatic heterocycles. The molecule has 0 saturated heterocycles. The van der Waals surface area contributed by atoms with E-state index in [1.165, 1.54) is 116 Å². The van der Waals surface area contributed by atoms with Crippen molar-refractivity contribution in [3.63, 3.8) is 0 Å². The summed E-state index contributed by atoms with van der Waals surface area (Å²) in [6.45, 7) is 18.0. The highest BCUT2D eigenvalue weighted by molar-refractivity contribution is 5.69. The quantitative estimate of drug-likeness (QED) is 0.0392. The summed E-state index contributed by atoms with van der Waals surface area (Å²) < 4.78 is 5.60. The Morgan fingerprint density at radius 3 is 1.83 bits per heavy atom. The number of hydrogen-bond donors (Lipinski definition) is 0. The molecule has 47 heavy (non-hydrogen) atoms. The van der Waals surface area contributed by atoms with Crippen molar-refractivity contribution >= 4 is 5.97 Å². The maximum absolute atomic E-state index is 12.2. The third-order valence-electron chi connectivity index (χ3n) is 9.66. The van der Waals surface area contributed by atoms with Crippen LogP contribution in [0, 0.1) is 17.8 Å². The zero-order chi connectivity index (χ0) is 34.8. The molecule has 0 radical (unpaired) electrons. The van der Waals surface area contributed by atoms with Crippen LogP contribution in [0.25, 0.3) is 0 Å². The van der Waals surface area contributed by atoms with Crippen LogP contribution in [0.2, 0.25) is 0 Å². The molecule has 3 nitrogen and oxygen atoms in total. The summed E-state index contributed by atoms with van der Waals surface area (Å²) in [4.78, 5) is 14.7. The topological polar surface area (TPSA) is 29.5 Å². The van der Waals surface area contributed by atoms with E-state index in [-0.39, 0.29) is 5.97 Å². The molecule has 0 amide bonds. The van der Waals surface area contributed by atoms with Crippen LogP contribution < -0.4 is 0 Å². The first-order valence-corrected chi connectivity index (χ1v) is 20.2. The molecule has 0 aromatic rings. The number of rotatable bonds is 34. The predicted octanol–water partition coefficient (Wildman–Crippen LogP) is 13.6. The molecule has 0 aliphatic heterocycles. The van der Waals surface area contributed by atoms with Crippen LogP contribution in [-0.4, -0.2) is 37.6 Å². The monoisotopic (exact) mass is 656 g/mol. The molecule has 0 aromatic carbocycles. The van der Waals surface area contributed by atoms with Gasteiger partial charge in [-0.3, -0.25) is 4.79 Å². The van der Waals surface area contributed by atoms with Crippen LogP contribution in [-0.2, 0) is 9.53 Å². The first-order chi connectivity index (χ1) is 22.8. The van der Waals surface area contributed by atoms with Gasteiger partial charge in [0.25, 0.3) is 0 Å².